The number of hydrogen-bond acceptors (Lipinski definition) is 2. The molecule has 0 saturated heterocycles. The van der Waals surface area contributed by atoms with Crippen molar-refractivity contribution in [1.82, 2.24) is 0 Å². The Hall–Kier alpha value is -4.24. The minimum Gasteiger partial charge on any atom is -0.311 e. The van der Waals surface area contributed by atoms with Gasteiger partial charge in [0.1, 0.15) is 0 Å². The van der Waals surface area contributed by atoms with Gasteiger partial charge in [0.2, 0.25) is 0 Å². The van der Waals surface area contributed by atoms with Crippen LogP contribution in [0.3, 0.4) is 0 Å². The first-order valence-corrected chi connectivity index (χ1v) is 11.7. The van der Waals surface area contributed by atoms with E-state index >= 15 is 0 Å². The lowest BCUT2D eigenvalue weighted by atomic mass is 9.33. The van der Waals surface area contributed by atoms with Crippen LogP contribution in [0.2, 0.25) is 0 Å². The van der Waals surface area contributed by atoms with Crippen molar-refractivity contribution in [3.63, 3.8) is 0 Å². The molecule has 6 rings (SSSR count). The summed E-state index contributed by atoms with van der Waals surface area (Å²) in [4.78, 5) is 4.78. The van der Waals surface area contributed by atoms with Gasteiger partial charge in [0.15, 0.2) is 0 Å². The van der Waals surface area contributed by atoms with Crippen LogP contribution in [-0.4, -0.2) is 6.71 Å². The number of nitrogens with zero attached hydrogens (tertiary/aromatic N) is 2. The molecule has 2 aliphatic rings. The van der Waals surface area contributed by atoms with Crippen LogP contribution in [0.1, 0.15) is 6.92 Å². The van der Waals surface area contributed by atoms with Crippen LogP contribution in [0.15, 0.2) is 134 Å². The van der Waals surface area contributed by atoms with Crippen LogP contribution in [0.5, 0.6) is 0 Å². The van der Waals surface area contributed by atoms with Crippen LogP contribution in [0.25, 0.3) is 0 Å². The molecule has 0 saturated carbocycles. The van der Waals surface area contributed by atoms with E-state index in [1.807, 2.05) is 6.08 Å². The van der Waals surface area contributed by atoms with Gasteiger partial charge in [0.25, 0.3) is 6.71 Å². The quantitative estimate of drug-likeness (QED) is 0.249. The molecular weight excluding hydrogens is 411 g/mol. The molecule has 34 heavy (non-hydrogen) atoms. The second-order valence-electron chi connectivity index (χ2n) is 8.59. The Labute approximate surface area is 201 Å². The van der Waals surface area contributed by atoms with Crippen LogP contribution in [0, 0.1) is 0 Å². The van der Waals surface area contributed by atoms with Crippen LogP contribution in [-0.2, 0) is 0 Å². The normalized spacial score (nSPS) is 14.0. The second-order valence-corrected chi connectivity index (χ2v) is 8.59. The van der Waals surface area contributed by atoms with Gasteiger partial charge in [0.05, 0.1) is 0 Å². The standard InChI is InChI=1S/C31H25BN2/c1-3-13-23(14-4-2)33-27-19-10-8-17-25(27)32-26-18-9-11-20-28(26)34(24-15-6-5-7-16-24)30-22-12-21-29(33)31(30)32/h3-22H,1H2,2H3/b14-4-,23-13+. The van der Waals surface area contributed by atoms with E-state index in [-0.39, 0.29) is 6.71 Å². The molecule has 4 aromatic carbocycles. The van der Waals surface area contributed by atoms with Crippen LogP contribution < -0.4 is 26.2 Å². The van der Waals surface area contributed by atoms with Crippen molar-refractivity contribution in [2.75, 3.05) is 9.80 Å². The highest BCUT2D eigenvalue weighted by atomic mass is 15.2. The van der Waals surface area contributed by atoms with Gasteiger partial charge in [0, 0.05) is 34.1 Å². The Morgan fingerprint density at radius 3 is 2.06 bits per heavy atom. The van der Waals surface area contributed by atoms with Crippen LogP contribution in [0.4, 0.5) is 28.4 Å². The van der Waals surface area contributed by atoms with Crippen molar-refractivity contribution in [2.45, 2.75) is 6.92 Å². The molecule has 0 bridgehead atoms. The third-order valence-corrected chi connectivity index (χ3v) is 6.71. The van der Waals surface area contributed by atoms with Crippen molar-refractivity contribution >= 4 is 51.5 Å². The number of fused-ring (bicyclic) bond motifs is 4. The molecule has 0 N–H and O–H groups in total. The second kappa shape index (κ2) is 8.28. The van der Waals surface area contributed by atoms with Gasteiger partial charge in [-0.3, -0.25) is 0 Å². The highest BCUT2D eigenvalue weighted by molar-refractivity contribution is 7.00. The summed E-state index contributed by atoms with van der Waals surface area (Å²) < 4.78 is 0. The SMILES string of the molecule is C=C/C=C(\C=C/C)N1c2ccccc2B2c3ccccc3N(c3ccccc3)c3cccc1c32. The zero-order chi connectivity index (χ0) is 23.1. The number of anilines is 5. The predicted octanol–water partition coefficient (Wildman–Crippen LogP) is 6.08. The summed E-state index contributed by atoms with van der Waals surface area (Å²) >= 11 is 0. The fraction of sp³-hybridized carbons (Fsp3) is 0.0323. The predicted molar refractivity (Wildman–Crippen MR) is 147 cm³/mol. The smallest absolute Gasteiger partial charge is 0.252 e. The average molecular weight is 436 g/mol. The molecule has 3 heteroatoms. The van der Waals surface area contributed by atoms with Gasteiger partial charge in [-0.15, -0.1) is 0 Å². The first-order chi connectivity index (χ1) is 16.8. The van der Waals surface area contributed by atoms with E-state index in [4.69, 9.17) is 0 Å². The van der Waals surface area contributed by atoms with E-state index in [9.17, 15) is 0 Å². The Morgan fingerprint density at radius 2 is 1.32 bits per heavy atom. The molecule has 162 valence electrons. The Kier molecular flexibility index (Phi) is 4.96. The summed E-state index contributed by atoms with van der Waals surface area (Å²) in [6, 6.07) is 35.0. The number of para-hydroxylation sites is 3. The minimum absolute atomic E-state index is 0.172. The molecule has 2 heterocycles. The van der Waals surface area contributed by atoms with E-state index in [0.717, 1.165) is 5.70 Å². The third-order valence-electron chi connectivity index (χ3n) is 6.71. The number of hydrogen-bond donors (Lipinski definition) is 0. The Morgan fingerprint density at radius 1 is 0.706 bits per heavy atom. The molecule has 0 spiro atoms. The van der Waals surface area contributed by atoms with Crippen molar-refractivity contribution in [3.8, 4) is 0 Å². The maximum atomic E-state index is 3.99. The maximum absolute atomic E-state index is 3.99. The fourth-order valence-corrected chi connectivity index (χ4v) is 5.47. The van der Waals surface area contributed by atoms with E-state index in [1.54, 1.807) is 0 Å². The lowest BCUT2D eigenvalue weighted by Crippen LogP contribution is -2.61. The summed E-state index contributed by atoms with van der Waals surface area (Å²) in [5.41, 5.74) is 11.1. The molecule has 2 nitrogen and oxygen atoms in total. The zero-order valence-electron chi connectivity index (χ0n) is 19.2. The summed E-state index contributed by atoms with van der Waals surface area (Å²) in [5, 5.41) is 0. The molecule has 0 atom stereocenters. The van der Waals surface area contributed by atoms with Gasteiger partial charge in [-0.05, 0) is 71.9 Å². The monoisotopic (exact) mass is 436 g/mol. The molecule has 2 aliphatic heterocycles. The van der Waals surface area contributed by atoms with Crippen molar-refractivity contribution in [1.29, 1.82) is 0 Å². The molecule has 0 unspecified atom stereocenters. The number of benzene rings is 4. The molecule has 0 aliphatic carbocycles. The van der Waals surface area contributed by atoms with E-state index < -0.39 is 0 Å². The van der Waals surface area contributed by atoms with Gasteiger partial charge in [-0.1, -0.05) is 79.4 Å². The fourth-order valence-electron chi connectivity index (χ4n) is 5.47. The van der Waals surface area contributed by atoms with E-state index in [2.05, 4.69) is 139 Å². The molecular formula is C31H25BN2. The molecule has 0 radical (unpaired) electrons. The largest absolute Gasteiger partial charge is 0.311 e. The Balaban J connectivity index is 1.71. The molecule has 0 aromatic heterocycles. The summed E-state index contributed by atoms with van der Waals surface area (Å²) in [6.07, 6.45) is 8.20. The van der Waals surface area contributed by atoms with Crippen molar-refractivity contribution in [3.05, 3.63) is 134 Å². The zero-order valence-corrected chi connectivity index (χ0v) is 19.2. The first kappa shape index (κ1) is 20.4. The lowest BCUT2D eigenvalue weighted by molar-refractivity contribution is 1.20. The maximum Gasteiger partial charge on any atom is 0.252 e. The van der Waals surface area contributed by atoms with Gasteiger partial charge >= 0.3 is 0 Å². The minimum atomic E-state index is 0.172. The summed E-state index contributed by atoms with van der Waals surface area (Å²) in [7, 11) is 0. The van der Waals surface area contributed by atoms with Gasteiger partial charge in [-0.2, -0.15) is 0 Å². The number of rotatable bonds is 4. The number of allylic oxidation sites excluding steroid dienone is 4. The molecule has 4 aromatic rings. The van der Waals surface area contributed by atoms with Gasteiger partial charge in [-0.25, -0.2) is 0 Å². The topological polar surface area (TPSA) is 6.48 Å². The van der Waals surface area contributed by atoms with Crippen LogP contribution >= 0.6 is 0 Å². The van der Waals surface area contributed by atoms with Crippen molar-refractivity contribution < 1.29 is 0 Å². The van der Waals surface area contributed by atoms with E-state index in [1.165, 1.54) is 44.8 Å². The molecule has 0 fully saturated rings. The molecule has 0 amide bonds. The lowest BCUT2D eigenvalue weighted by Gasteiger charge is -2.44. The summed E-state index contributed by atoms with van der Waals surface area (Å²) in [5.74, 6) is 0. The van der Waals surface area contributed by atoms with Crippen molar-refractivity contribution in [2.24, 2.45) is 0 Å². The highest BCUT2D eigenvalue weighted by Gasteiger charge is 2.42. The Bertz CT molecular complexity index is 1450. The van der Waals surface area contributed by atoms with Gasteiger partial charge < -0.3 is 9.80 Å². The average Bonchev–Trinajstić information content (AvgIpc) is 2.89. The highest BCUT2D eigenvalue weighted by Crippen LogP contribution is 2.42. The third kappa shape index (κ3) is 2.98. The summed E-state index contributed by atoms with van der Waals surface area (Å²) in [6.45, 7) is 6.22. The van der Waals surface area contributed by atoms with E-state index in [0.29, 0.717) is 0 Å². The first-order valence-electron chi connectivity index (χ1n) is 11.7.